The van der Waals surface area contributed by atoms with Crippen LogP contribution in [0.15, 0.2) is 18.2 Å². The molecular weight excluding hydrogens is 248 g/mol. The fraction of sp³-hybridized carbons (Fsp3) is 0.462. The second-order valence-electron chi connectivity index (χ2n) is 4.37. The highest BCUT2D eigenvalue weighted by atomic mass is 16.6. The monoisotopic (exact) mass is 266 g/mol. The molecule has 0 heterocycles. The maximum atomic E-state index is 11.4. The smallest absolute Gasteiger partial charge is 0.337 e. The molecule has 1 unspecified atom stereocenters. The van der Waals surface area contributed by atoms with Gasteiger partial charge in [-0.25, -0.2) is 4.79 Å². The molecule has 0 aliphatic heterocycles. The zero-order chi connectivity index (χ0) is 14.4. The summed E-state index contributed by atoms with van der Waals surface area (Å²) in [5.41, 5.74) is 0.587. The van der Waals surface area contributed by atoms with Crippen LogP contribution >= 0.6 is 0 Å². The predicted octanol–water partition coefficient (Wildman–Crippen LogP) is 2.84. The molecule has 0 fully saturated rings. The summed E-state index contributed by atoms with van der Waals surface area (Å²) in [6.45, 7) is 4.70. The molecule has 1 atom stereocenters. The maximum absolute atomic E-state index is 11.4. The number of methoxy groups -OCH3 is 1. The fourth-order valence-electron chi connectivity index (χ4n) is 1.51. The highest BCUT2D eigenvalue weighted by Gasteiger charge is 2.17. The van der Waals surface area contributed by atoms with Crippen molar-refractivity contribution in [2.24, 2.45) is 5.92 Å². The molecule has 0 aliphatic carbocycles. The Morgan fingerprint density at radius 2 is 2.21 bits per heavy atom. The Labute approximate surface area is 111 Å². The van der Waals surface area contributed by atoms with Crippen molar-refractivity contribution in [1.82, 2.24) is 0 Å². The van der Waals surface area contributed by atoms with E-state index in [2.05, 4.69) is 10.1 Å². The lowest BCUT2D eigenvalue weighted by atomic mass is 10.1. The van der Waals surface area contributed by atoms with Crippen LogP contribution in [0.25, 0.3) is 0 Å². The van der Waals surface area contributed by atoms with Gasteiger partial charge in [0.2, 0.25) is 0 Å². The maximum Gasteiger partial charge on any atom is 0.337 e. The number of nitro benzene ring substituents is 1. The van der Waals surface area contributed by atoms with Gasteiger partial charge in [-0.2, -0.15) is 0 Å². The van der Waals surface area contributed by atoms with Crippen LogP contribution in [0.1, 0.15) is 30.6 Å². The highest BCUT2D eigenvalue weighted by molar-refractivity contribution is 5.91. The van der Waals surface area contributed by atoms with Crippen LogP contribution in [0, 0.1) is 16.0 Å². The van der Waals surface area contributed by atoms with Crippen molar-refractivity contribution < 1.29 is 14.5 Å². The molecule has 1 N–H and O–H groups in total. The third kappa shape index (κ3) is 3.94. The minimum atomic E-state index is -0.513. The molecule has 0 amide bonds. The van der Waals surface area contributed by atoms with Crippen LogP contribution in [0.3, 0.4) is 0 Å². The average Bonchev–Trinajstić information content (AvgIpc) is 2.43. The average molecular weight is 266 g/mol. The Hall–Kier alpha value is -2.11. The molecule has 1 aromatic rings. The van der Waals surface area contributed by atoms with Gasteiger partial charge in [0.1, 0.15) is 5.69 Å². The number of hydrogen-bond donors (Lipinski definition) is 1. The van der Waals surface area contributed by atoms with E-state index >= 15 is 0 Å². The summed E-state index contributed by atoms with van der Waals surface area (Å²) in [6.07, 6.45) is 0.970. The summed E-state index contributed by atoms with van der Waals surface area (Å²) in [6, 6.07) is 4.15. The van der Waals surface area contributed by atoms with Gasteiger partial charge in [0.05, 0.1) is 17.6 Å². The SMILES string of the molecule is CCC(C)CNc1cc(C(=O)OC)ccc1[N+](=O)[O-]. The number of hydrogen-bond acceptors (Lipinski definition) is 5. The molecule has 0 saturated heterocycles. The van der Waals surface area contributed by atoms with Gasteiger partial charge in [0.25, 0.3) is 5.69 Å². The van der Waals surface area contributed by atoms with Crippen molar-refractivity contribution in [2.75, 3.05) is 19.0 Å². The van der Waals surface area contributed by atoms with Crippen molar-refractivity contribution in [2.45, 2.75) is 20.3 Å². The van der Waals surface area contributed by atoms with E-state index in [1.807, 2.05) is 13.8 Å². The number of nitrogens with one attached hydrogen (secondary N) is 1. The number of carbonyl (C=O) groups excluding carboxylic acids is 1. The number of nitrogens with zero attached hydrogens (tertiary/aromatic N) is 1. The molecule has 0 saturated carbocycles. The van der Waals surface area contributed by atoms with Crippen LogP contribution in [-0.4, -0.2) is 24.5 Å². The van der Waals surface area contributed by atoms with Crippen LogP contribution in [0.4, 0.5) is 11.4 Å². The van der Waals surface area contributed by atoms with E-state index < -0.39 is 10.9 Å². The molecule has 0 spiro atoms. The Kier molecular flexibility index (Phi) is 5.29. The van der Waals surface area contributed by atoms with Gasteiger partial charge in [0.15, 0.2) is 0 Å². The molecule has 6 nitrogen and oxygen atoms in total. The minimum Gasteiger partial charge on any atom is -0.465 e. The van der Waals surface area contributed by atoms with Crippen LogP contribution in [0.5, 0.6) is 0 Å². The largest absolute Gasteiger partial charge is 0.465 e. The standard InChI is InChI=1S/C13H18N2O4/c1-4-9(2)8-14-11-7-10(13(16)19-3)5-6-12(11)15(17)18/h5-7,9,14H,4,8H2,1-3H3. The van der Waals surface area contributed by atoms with Crippen molar-refractivity contribution in [3.63, 3.8) is 0 Å². The number of benzene rings is 1. The highest BCUT2D eigenvalue weighted by Crippen LogP contribution is 2.26. The van der Waals surface area contributed by atoms with E-state index in [0.29, 0.717) is 23.7 Å². The molecule has 0 aliphatic rings. The van der Waals surface area contributed by atoms with Gasteiger partial charge in [0, 0.05) is 12.6 Å². The molecule has 104 valence electrons. The summed E-state index contributed by atoms with van der Waals surface area (Å²) in [5, 5.41) is 14.0. The second-order valence-corrected chi connectivity index (χ2v) is 4.37. The third-order valence-corrected chi connectivity index (χ3v) is 2.95. The van der Waals surface area contributed by atoms with Crippen molar-refractivity contribution in [3.05, 3.63) is 33.9 Å². The van der Waals surface area contributed by atoms with Crippen LogP contribution in [-0.2, 0) is 4.74 Å². The van der Waals surface area contributed by atoms with Crippen molar-refractivity contribution in [1.29, 1.82) is 0 Å². The topological polar surface area (TPSA) is 81.5 Å². The van der Waals surface area contributed by atoms with E-state index in [0.717, 1.165) is 6.42 Å². The molecule has 1 rings (SSSR count). The zero-order valence-corrected chi connectivity index (χ0v) is 11.3. The van der Waals surface area contributed by atoms with E-state index in [4.69, 9.17) is 0 Å². The summed E-state index contributed by atoms with van der Waals surface area (Å²) < 4.78 is 4.60. The Morgan fingerprint density at radius 1 is 1.53 bits per heavy atom. The van der Waals surface area contributed by atoms with Crippen molar-refractivity contribution in [3.8, 4) is 0 Å². The first-order valence-electron chi connectivity index (χ1n) is 6.10. The number of anilines is 1. The molecule has 6 heteroatoms. The lowest BCUT2D eigenvalue weighted by Gasteiger charge is -2.12. The molecular formula is C13H18N2O4. The van der Waals surface area contributed by atoms with Gasteiger partial charge >= 0.3 is 5.97 Å². The molecule has 1 aromatic carbocycles. The fourth-order valence-corrected chi connectivity index (χ4v) is 1.51. The Bertz CT molecular complexity index is 474. The molecule has 0 radical (unpaired) electrons. The van der Waals surface area contributed by atoms with Crippen LogP contribution < -0.4 is 5.32 Å². The summed E-state index contributed by atoms with van der Waals surface area (Å²) in [4.78, 5) is 21.9. The number of esters is 1. The first-order valence-corrected chi connectivity index (χ1v) is 6.10. The van der Waals surface area contributed by atoms with E-state index in [1.54, 1.807) is 0 Å². The number of carbonyl (C=O) groups is 1. The van der Waals surface area contributed by atoms with Gasteiger partial charge in [-0.3, -0.25) is 10.1 Å². The quantitative estimate of drug-likeness (QED) is 0.486. The second kappa shape index (κ2) is 6.72. The predicted molar refractivity (Wildman–Crippen MR) is 72.4 cm³/mol. The van der Waals surface area contributed by atoms with Gasteiger partial charge < -0.3 is 10.1 Å². The third-order valence-electron chi connectivity index (χ3n) is 2.95. The number of nitro groups is 1. The summed E-state index contributed by atoms with van der Waals surface area (Å²) in [5.74, 6) is -0.122. The van der Waals surface area contributed by atoms with Crippen LogP contribution in [0.2, 0.25) is 0 Å². The van der Waals surface area contributed by atoms with E-state index in [1.165, 1.54) is 25.3 Å². The number of rotatable bonds is 6. The molecule has 19 heavy (non-hydrogen) atoms. The van der Waals surface area contributed by atoms with Crippen molar-refractivity contribution >= 4 is 17.3 Å². The lowest BCUT2D eigenvalue weighted by molar-refractivity contribution is -0.384. The molecule has 0 aromatic heterocycles. The minimum absolute atomic E-state index is 0.0454. The zero-order valence-electron chi connectivity index (χ0n) is 11.3. The van der Waals surface area contributed by atoms with Gasteiger partial charge in [-0.1, -0.05) is 20.3 Å². The normalized spacial score (nSPS) is 11.7. The Morgan fingerprint density at radius 3 is 2.74 bits per heavy atom. The Balaban J connectivity index is 3.01. The summed E-state index contributed by atoms with van der Waals surface area (Å²) >= 11 is 0. The first-order chi connectivity index (χ1) is 8.99. The van der Waals surface area contributed by atoms with E-state index in [9.17, 15) is 14.9 Å². The van der Waals surface area contributed by atoms with Gasteiger partial charge in [-0.05, 0) is 18.1 Å². The number of ether oxygens (including phenoxy) is 1. The molecule has 0 bridgehead atoms. The van der Waals surface area contributed by atoms with E-state index in [-0.39, 0.29) is 5.69 Å². The first kappa shape index (κ1) is 14.9. The lowest BCUT2D eigenvalue weighted by Crippen LogP contribution is -2.12. The summed E-state index contributed by atoms with van der Waals surface area (Å²) in [7, 11) is 1.27. The van der Waals surface area contributed by atoms with Gasteiger partial charge in [-0.15, -0.1) is 0 Å².